The Balaban J connectivity index is 2.37. The molecular formula is C13H15NS. The minimum absolute atomic E-state index is 0.514. The van der Waals surface area contributed by atoms with Crippen molar-refractivity contribution in [3.05, 3.63) is 40.9 Å². The third-order valence-corrected chi connectivity index (χ3v) is 3.29. The molecule has 0 amide bonds. The molecule has 0 aliphatic carbocycles. The fraction of sp³-hybridized carbons (Fsp3) is 0.308. The van der Waals surface area contributed by atoms with Gasteiger partial charge in [-0.25, -0.2) is 4.98 Å². The lowest BCUT2D eigenvalue weighted by atomic mass is 10.1. The summed E-state index contributed by atoms with van der Waals surface area (Å²) in [6.07, 6.45) is 0. The molecule has 0 saturated heterocycles. The van der Waals surface area contributed by atoms with E-state index in [1.165, 1.54) is 16.8 Å². The molecule has 1 aromatic carbocycles. The average molecular weight is 217 g/mol. The monoisotopic (exact) mass is 217 g/mol. The van der Waals surface area contributed by atoms with Gasteiger partial charge < -0.3 is 0 Å². The van der Waals surface area contributed by atoms with Crippen LogP contribution in [0.3, 0.4) is 0 Å². The summed E-state index contributed by atoms with van der Waals surface area (Å²) < 4.78 is 0. The molecule has 15 heavy (non-hydrogen) atoms. The maximum absolute atomic E-state index is 4.64. The molecule has 0 aliphatic rings. The molecule has 0 unspecified atom stereocenters. The van der Waals surface area contributed by atoms with Gasteiger partial charge in [0, 0.05) is 10.9 Å². The van der Waals surface area contributed by atoms with Crippen LogP contribution in [0.2, 0.25) is 0 Å². The summed E-state index contributed by atoms with van der Waals surface area (Å²) in [5.74, 6) is 0.514. The van der Waals surface area contributed by atoms with Crippen LogP contribution in [-0.4, -0.2) is 4.98 Å². The van der Waals surface area contributed by atoms with E-state index in [1.807, 2.05) is 0 Å². The Morgan fingerprint density at radius 2 is 2.07 bits per heavy atom. The Hall–Kier alpha value is -1.15. The van der Waals surface area contributed by atoms with Crippen molar-refractivity contribution >= 4 is 11.3 Å². The van der Waals surface area contributed by atoms with Crippen LogP contribution in [0.5, 0.6) is 0 Å². The third-order valence-electron chi connectivity index (χ3n) is 2.38. The predicted molar refractivity (Wildman–Crippen MR) is 66.4 cm³/mol. The van der Waals surface area contributed by atoms with Gasteiger partial charge >= 0.3 is 0 Å². The van der Waals surface area contributed by atoms with Crippen molar-refractivity contribution in [2.24, 2.45) is 0 Å². The highest BCUT2D eigenvalue weighted by atomic mass is 32.1. The molecule has 2 aromatic rings. The van der Waals surface area contributed by atoms with Gasteiger partial charge in [0.25, 0.3) is 0 Å². The van der Waals surface area contributed by atoms with Crippen LogP contribution in [0.25, 0.3) is 10.6 Å². The highest BCUT2D eigenvalue weighted by molar-refractivity contribution is 7.13. The first-order valence-electron chi connectivity index (χ1n) is 5.19. The molecular weight excluding hydrogens is 202 g/mol. The first-order chi connectivity index (χ1) is 7.16. The summed E-state index contributed by atoms with van der Waals surface area (Å²) in [5, 5.41) is 3.28. The van der Waals surface area contributed by atoms with Crippen molar-refractivity contribution in [3.63, 3.8) is 0 Å². The molecule has 1 aromatic heterocycles. The standard InChI is InChI=1S/C13H15NS/c1-9(2)12-8-15-13(14-12)11-6-4-5-10(3)7-11/h4-9H,1-3H3. The summed E-state index contributed by atoms with van der Waals surface area (Å²) in [5.41, 5.74) is 3.71. The van der Waals surface area contributed by atoms with E-state index in [0.29, 0.717) is 5.92 Å². The van der Waals surface area contributed by atoms with Crippen molar-refractivity contribution in [2.75, 3.05) is 0 Å². The molecule has 0 aliphatic heterocycles. The Morgan fingerprint density at radius 3 is 2.67 bits per heavy atom. The third kappa shape index (κ3) is 2.26. The number of nitrogens with zero attached hydrogens (tertiary/aromatic N) is 1. The van der Waals surface area contributed by atoms with E-state index in [-0.39, 0.29) is 0 Å². The topological polar surface area (TPSA) is 12.9 Å². The summed E-state index contributed by atoms with van der Waals surface area (Å²) in [6, 6.07) is 8.50. The average Bonchev–Trinajstić information content (AvgIpc) is 2.66. The zero-order chi connectivity index (χ0) is 10.8. The number of hydrogen-bond donors (Lipinski definition) is 0. The highest BCUT2D eigenvalue weighted by Crippen LogP contribution is 2.27. The zero-order valence-corrected chi connectivity index (χ0v) is 10.1. The molecule has 0 bridgehead atoms. The molecule has 0 spiro atoms. The van der Waals surface area contributed by atoms with Gasteiger partial charge in [-0.05, 0) is 18.9 Å². The molecule has 0 atom stereocenters. The van der Waals surface area contributed by atoms with Crippen LogP contribution in [0.15, 0.2) is 29.6 Å². The van der Waals surface area contributed by atoms with E-state index >= 15 is 0 Å². The fourth-order valence-electron chi connectivity index (χ4n) is 1.46. The van der Waals surface area contributed by atoms with Gasteiger partial charge in [0.05, 0.1) is 5.69 Å². The van der Waals surface area contributed by atoms with Crippen LogP contribution < -0.4 is 0 Å². The lowest BCUT2D eigenvalue weighted by molar-refractivity contribution is 0.834. The van der Waals surface area contributed by atoms with E-state index in [9.17, 15) is 0 Å². The van der Waals surface area contributed by atoms with Crippen LogP contribution in [-0.2, 0) is 0 Å². The maximum atomic E-state index is 4.64. The van der Waals surface area contributed by atoms with E-state index < -0.39 is 0 Å². The minimum Gasteiger partial charge on any atom is -0.241 e. The van der Waals surface area contributed by atoms with E-state index in [0.717, 1.165) is 5.01 Å². The Kier molecular flexibility index (Phi) is 2.87. The summed E-state index contributed by atoms with van der Waals surface area (Å²) >= 11 is 1.73. The lowest BCUT2D eigenvalue weighted by Gasteiger charge is -1.99. The minimum atomic E-state index is 0.514. The molecule has 0 saturated carbocycles. The van der Waals surface area contributed by atoms with E-state index in [2.05, 4.69) is 55.4 Å². The van der Waals surface area contributed by atoms with Gasteiger partial charge in [-0.1, -0.05) is 37.6 Å². The van der Waals surface area contributed by atoms with Crippen molar-refractivity contribution in [1.82, 2.24) is 4.98 Å². The molecule has 0 N–H and O–H groups in total. The number of thiazole rings is 1. The van der Waals surface area contributed by atoms with E-state index in [4.69, 9.17) is 0 Å². The normalized spacial score (nSPS) is 10.9. The summed E-state index contributed by atoms with van der Waals surface area (Å²) in [6.45, 7) is 6.46. The number of hydrogen-bond acceptors (Lipinski definition) is 2. The number of rotatable bonds is 2. The SMILES string of the molecule is Cc1cccc(-c2nc(C(C)C)cs2)c1. The first-order valence-corrected chi connectivity index (χ1v) is 6.07. The predicted octanol–water partition coefficient (Wildman–Crippen LogP) is 4.24. The van der Waals surface area contributed by atoms with Gasteiger partial charge in [-0.2, -0.15) is 0 Å². The Bertz CT molecular complexity index is 457. The van der Waals surface area contributed by atoms with Crippen LogP contribution in [0.4, 0.5) is 0 Å². The fourth-order valence-corrected chi connectivity index (χ4v) is 2.44. The van der Waals surface area contributed by atoms with Gasteiger partial charge in [-0.3, -0.25) is 0 Å². The second kappa shape index (κ2) is 4.15. The summed E-state index contributed by atoms with van der Waals surface area (Å²) in [7, 11) is 0. The molecule has 2 heteroatoms. The van der Waals surface area contributed by atoms with Crippen LogP contribution in [0.1, 0.15) is 31.0 Å². The smallest absolute Gasteiger partial charge is 0.123 e. The second-order valence-corrected chi connectivity index (χ2v) is 4.96. The zero-order valence-electron chi connectivity index (χ0n) is 9.32. The number of aryl methyl sites for hydroxylation is 1. The number of benzene rings is 1. The summed E-state index contributed by atoms with van der Waals surface area (Å²) in [4.78, 5) is 4.64. The highest BCUT2D eigenvalue weighted by Gasteiger charge is 2.06. The van der Waals surface area contributed by atoms with Gasteiger partial charge in [0.2, 0.25) is 0 Å². The molecule has 0 fully saturated rings. The number of aromatic nitrogens is 1. The van der Waals surface area contributed by atoms with Gasteiger partial charge in [0.15, 0.2) is 0 Å². The molecule has 78 valence electrons. The molecule has 1 heterocycles. The quantitative estimate of drug-likeness (QED) is 0.733. The Morgan fingerprint density at radius 1 is 1.27 bits per heavy atom. The largest absolute Gasteiger partial charge is 0.241 e. The maximum Gasteiger partial charge on any atom is 0.123 e. The van der Waals surface area contributed by atoms with Crippen molar-refractivity contribution < 1.29 is 0 Å². The Labute approximate surface area is 94.8 Å². The van der Waals surface area contributed by atoms with Crippen molar-refractivity contribution in [2.45, 2.75) is 26.7 Å². The van der Waals surface area contributed by atoms with Crippen LogP contribution in [0, 0.1) is 6.92 Å². The van der Waals surface area contributed by atoms with Gasteiger partial charge in [0.1, 0.15) is 5.01 Å². The van der Waals surface area contributed by atoms with Crippen LogP contribution >= 0.6 is 11.3 Å². The van der Waals surface area contributed by atoms with Gasteiger partial charge in [-0.15, -0.1) is 11.3 Å². The van der Waals surface area contributed by atoms with Crippen molar-refractivity contribution in [3.8, 4) is 10.6 Å². The van der Waals surface area contributed by atoms with E-state index in [1.54, 1.807) is 11.3 Å². The molecule has 1 nitrogen and oxygen atoms in total. The second-order valence-electron chi connectivity index (χ2n) is 4.10. The first kappa shape index (κ1) is 10.4. The molecule has 2 rings (SSSR count). The van der Waals surface area contributed by atoms with Crippen molar-refractivity contribution in [1.29, 1.82) is 0 Å². The lowest BCUT2D eigenvalue weighted by Crippen LogP contribution is -1.86. The molecule has 0 radical (unpaired) electrons.